The fourth-order valence-electron chi connectivity index (χ4n) is 2.46. The molecule has 0 aliphatic carbocycles. The van der Waals surface area contributed by atoms with Crippen LogP contribution in [0, 0.1) is 0 Å². The lowest BCUT2D eigenvalue weighted by Gasteiger charge is -2.10. The normalized spacial score (nSPS) is 15.2. The van der Waals surface area contributed by atoms with Crippen molar-refractivity contribution in [1.82, 2.24) is 5.06 Å². The Hall–Kier alpha value is -0.570. The summed E-state index contributed by atoms with van der Waals surface area (Å²) in [7, 11) is 0. The van der Waals surface area contributed by atoms with Crippen LogP contribution in [-0.2, 0) is 0 Å². The number of rotatable bonds is 11. The summed E-state index contributed by atoms with van der Waals surface area (Å²) in [6, 6.07) is 0. The van der Waals surface area contributed by atoms with E-state index in [2.05, 4.69) is 11.9 Å². The summed E-state index contributed by atoms with van der Waals surface area (Å²) in [5, 5.41) is 10.7. The lowest BCUT2D eigenvalue weighted by molar-refractivity contribution is -0.00500. The van der Waals surface area contributed by atoms with Gasteiger partial charge in [-0.3, -0.25) is 10.2 Å². The van der Waals surface area contributed by atoms with Gasteiger partial charge in [0, 0.05) is 6.42 Å². The highest BCUT2D eigenvalue weighted by Crippen LogP contribution is 2.12. The number of unbranched alkanes of at least 4 members (excludes halogenated alkanes) is 9. The number of amidine groups is 1. The maximum Gasteiger partial charge on any atom is 0.123 e. The molecule has 0 aromatic carbocycles. The molecular weight excluding hydrogens is 224 g/mol. The van der Waals surface area contributed by atoms with Gasteiger partial charge in [-0.2, -0.15) is 0 Å². The van der Waals surface area contributed by atoms with Crippen molar-refractivity contribution in [2.24, 2.45) is 4.99 Å². The van der Waals surface area contributed by atoms with Crippen molar-refractivity contribution in [2.45, 2.75) is 77.6 Å². The molecule has 1 heterocycles. The minimum Gasteiger partial charge on any atom is -0.287 e. The number of nitrogens with zero attached hydrogens (tertiary/aromatic N) is 2. The van der Waals surface area contributed by atoms with Crippen LogP contribution in [-0.4, -0.2) is 29.2 Å². The standard InChI is InChI=1S/C15H30N2O/c1-2-3-4-5-6-7-8-9-10-11-12-15-16-13-14-17(15)18/h18H,2-14H2,1H3. The number of hydroxylamine groups is 2. The van der Waals surface area contributed by atoms with Gasteiger partial charge in [-0.25, -0.2) is 5.06 Å². The molecule has 0 saturated carbocycles. The van der Waals surface area contributed by atoms with E-state index in [-0.39, 0.29) is 0 Å². The zero-order chi connectivity index (χ0) is 13.1. The lowest BCUT2D eigenvalue weighted by atomic mass is 10.1. The third-order valence-electron chi connectivity index (χ3n) is 3.66. The van der Waals surface area contributed by atoms with Crippen molar-refractivity contribution in [1.29, 1.82) is 0 Å². The SMILES string of the molecule is CCCCCCCCCCCCC1=NCCN1O. The van der Waals surface area contributed by atoms with Gasteiger partial charge in [0.15, 0.2) is 0 Å². The highest BCUT2D eigenvalue weighted by Gasteiger charge is 2.12. The van der Waals surface area contributed by atoms with Gasteiger partial charge in [-0.05, 0) is 6.42 Å². The molecule has 18 heavy (non-hydrogen) atoms. The molecule has 1 aliphatic heterocycles. The fourth-order valence-corrected chi connectivity index (χ4v) is 2.46. The van der Waals surface area contributed by atoms with Crippen molar-refractivity contribution >= 4 is 5.84 Å². The van der Waals surface area contributed by atoms with Crippen LogP contribution in [0.2, 0.25) is 0 Å². The Balaban J connectivity index is 1.79. The van der Waals surface area contributed by atoms with Crippen molar-refractivity contribution in [3.05, 3.63) is 0 Å². The van der Waals surface area contributed by atoms with Crippen LogP contribution in [0.3, 0.4) is 0 Å². The van der Waals surface area contributed by atoms with Gasteiger partial charge >= 0.3 is 0 Å². The molecule has 3 nitrogen and oxygen atoms in total. The van der Waals surface area contributed by atoms with E-state index in [4.69, 9.17) is 0 Å². The zero-order valence-electron chi connectivity index (χ0n) is 12.0. The molecule has 1 rings (SSSR count). The predicted molar refractivity (Wildman–Crippen MR) is 77.3 cm³/mol. The summed E-state index contributed by atoms with van der Waals surface area (Å²) in [5.74, 6) is 0.898. The zero-order valence-corrected chi connectivity index (χ0v) is 12.0. The summed E-state index contributed by atoms with van der Waals surface area (Å²) in [6.45, 7) is 3.72. The van der Waals surface area contributed by atoms with Gasteiger partial charge in [-0.1, -0.05) is 64.7 Å². The molecule has 0 fully saturated rings. The van der Waals surface area contributed by atoms with Crippen LogP contribution >= 0.6 is 0 Å². The monoisotopic (exact) mass is 254 g/mol. The molecule has 0 aromatic rings. The van der Waals surface area contributed by atoms with E-state index >= 15 is 0 Å². The fraction of sp³-hybridized carbons (Fsp3) is 0.933. The second-order valence-electron chi connectivity index (χ2n) is 5.35. The molecule has 0 radical (unpaired) electrons. The first kappa shape index (κ1) is 15.5. The molecule has 0 spiro atoms. The van der Waals surface area contributed by atoms with E-state index in [0.717, 1.165) is 18.8 Å². The Morgan fingerprint density at radius 3 is 2.00 bits per heavy atom. The van der Waals surface area contributed by atoms with E-state index in [1.807, 2.05) is 0 Å². The molecule has 1 aliphatic rings. The quantitative estimate of drug-likeness (QED) is 0.555. The van der Waals surface area contributed by atoms with E-state index in [9.17, 15) is 5.21 Å². The summed E-state index contributed by atoms with van der Waals surface area (Å²) in [4.78, 5) is 4.29. The number of hydrogen-bond donors (Lipinski definition) is 1. The van der Waals surface area contributed by atoms with Gasteiger partial charge in [0.05, 0.1) is 13.1 Å². The van der Waals surface area contributed by atoms with Crippen LogP contribution in [0.1, 0.15) is 77.6 Å². The van der Waals surface area contributed by atoms with E-state index in [0.29, 0.717) is 6.54 Å². The average Bonchev–Trinajstić information content (AvgIpc) is 2.77. The Labute approximate surface area is 112 Å². The van der Waals surface area contributed by atoms with E-state index in [1.165, 1.54) is 69.3 Å². The predicted octanol–water partition coefficient (Wildman–Crippen LogP) is 4.40. The van der Waals surface area contributed by atoms with Crippen molar-refractivity contribution in [2.75, 3.05) is 13.1 Å². The maximum absolute atomic E-state index is 9.43. The molecule has 0 unspecified atom stereocenters. The maximum atomic E-state index is 9.43. The van der Waals surface area contributed by atoms with Gasteiger partial charge in [0.25, 0.3) is 0 Å². The van der Waals surface area contributed by atoms with Crippen LogP contribution < -0.4 is 0 Å². The summed E-state index contributed by atoms with van der Waals surface area (Å²) >= 11 is 0. The Kier molecular flexibility index (Phi) is 8.92. The highest BCUT2D eigenvalue weighted by molar-refractivity contribution is 5.82. The molecule has 0 aromatic heterocycles. The summed E-state index contributed by atoms with van der Waals surface area (Å²) in [5.41, 5.74) is 0. The summed E-state index contributed by atoms with van der Waals surface area (Å²) < 4.78 is 0. The molecule has 1 N–H and O–H groups in total. The molecule has 0 amide bonds. The topological polar surface area (TPSA) is 35.8 Å². The van der Waals surface area contributed by atoms with Crippen molar-refractivity contribution in [3.8, 4) is 0 Å². The first-order chi connectivity index (χ1) is 8.84. The van der Waals surface area contributed by atoms with Gasteiger partial charge in [0.1, 0.15) is 5.84 Å². The molecule has 0 saturated heterocycles. The van der Waals surface area contributed by atoms with Crippen LogP contribution in [0.25, 0.3) is 0 Å². The van der Waals surface area contributed by atoms with E-state index in [1.54, 1.807) is 0 Å². The van der Waals surface area contributed by atoms with Crippen LogP contribution in [0.5, 0.6) is 0 Å². The second kappa shape index (κ2) is 10.4. The molecule has 106 valence electrons. The minimum absolute atomic E-state index is 0.688. The smallest absolute Gasteiger partial charge is 0.123 e. The third kappa shape index (κ3) is 7.00. The Morgan fingerprint density at radius 2 is 1.50 bits per heavy atom. The number of hydrogen-bond acceptors (Lipinski definition) is 3. The Morgan fingerprint density at radius 1 is 0.944 bits per heavy atom. The average molecular weight is 254 g/mol. The van der Waals surface area contributed by atoms with Gasteiger partial charge < -0.3 is 0 Å². The highest BCUT2D eigenvalue weighted by atomic mass is 16.5. The number of aliphatic imine (C=N–C) groups is 1. The molecule has 3 heteroatoms. The lowest BCUT2D eigenvalue weighted by Crippen LogP contribution is -2.23. The van der Waals surface area contributed by atoms with Gasteiger partial charge in [-0.15, -0.1) is 0 Å². The second-order valence-corrected chi connectivity index (χ2v) is 5.35. The van der Waals surface area contributed by atoms with Crippen molar-refractivity contribution in [3.63, 3.8) is 0 Å². The van der Waals surface area contributed by atoms with E-state index < -0.39 is 0 Å². The van der Waals surface area contributed by atoms with Crippen LogP contribution in [0.15, 0.2) is 4.99 Å². The third-order valence-corrected chi connectivity index (χ3v) is 3.66. The molecule has 0 atom stereocenters. The Bertz CT molecular complexity index is 229. The molecular formula is C15H30N2O. The van der Waals surface area contributed by atoms with Crippen molar-refractivity contribution < 1.29 is 5.21 Å². The minimum atomic E-state index is 0.688. The first-order valence-electron chi connectivity index (χ1n) is 7.84. The first-order valence-corrected chi connectivity index (χ1v) is 7.84. The van der Waals surface area contributed by atoms with Gasteiger partial charge in [0.2, 0.25) is 0 Å². The largest absolute Gasteiger partial charge is 0.287 e. The summed E-state index contributed by atoms with van der Waals surface area (Å²) in [6.07, 6.45) is 14.5. The molecule has 0 bridgehead atoms. The van der Waals surface area contributed by atoms with Crippen LogP contribution in [0.4, 0.5) is 0 Å².